The molecular weight excluding hydrogens is 210 g/mol. The maximum Gasteiger partial charge on any atom is 0.120 e. The normalized spacial score (nSPS) is 13.0. The van der Waals surface area contributed by atoms with Crippen LogP contribution in [-0.4, -0.2) is 11.7 Å². The van der Waals surface area contributed by atoms with Crippen LogP contribution in [0.25, 0.3) is 0 Å². The quantitative estimate of drug-likeness (QED) is 0.735. The molecule has 0 aliphatic carbocycles. The van der Waals surface area contributed by atoms with Crippen LogP contribution in [0.1, 0.15) is 50.8 Å². The fourth-order valence-corrected chi connectivity index (χ4v) is 1.96. The summed E-state index contributed by atoms with van der Waals surface area (Å²) in [6, 6.07) is 6.08. The number of hydrogen-bond donors (Lipinski definition) is 2. The van der Waals surface area contributed by atoms with E-state index in [4.69, 9.17) is 0 Å². The first kappa shape index (κ1) is 14.0. The number of aromatic hydroxyl groups is 1. The van der Waals surface area contributed by atoms with Gasteiger partial charge in [-0.25, -0.2) is 0 Å². The van der Waals surface area contributed by atoms with Crippen molar-refractivity contribution in [2.24, 2.45) is 5.92 Å². The van der Waals surface area contributed by atoms with Gasteiger partial charge in [-0.1, -0.05) is 26.0 Å². The number of nitrogens with one attached hydrogen (secondary N) is 1. The van der Waals surface area contributed by atoms with Gasteiger partial charge in [-0.05, 0) is 50.8 Å². The van der Waals surface area contributed by atoms with Gasteiger partial charge in [0, 0.05) is 11.6 Å². The van der Waals surface area contributed by atoms with E-state index in [1.807, 2.05) is 25.1 Å². The SMILES string of the molecule is Cc1ccc(C(C)NCCCC(C)C)c(O)c1. The third kappa shape index (κ3) is 4.78. The Morgan fingerprint density at radius 2 is 1.94 bits per heavy atom. The van der Waals surface area contributed by atoms with Crippen LogP contribution >= 0.6 is 0 Å². The van der Waals surface area contributed by atoms with Gasteiger partial charge in [0.15, 0.2) is 0 Å². The molecule has 2 nitrogen and oxygen atoms in total. The molecule has 1 aromatic rings. The molecule has 0 aromatic heterocycles. The van der Waals surface area contributed by atoms with Gasteiger partial charge < -0.3 is 10.4 Å². The predicted molar refractivity (Wildman–Crippen MR) is 73.3 cm³/mol. The maximum atomic E-state index is 9.87. The van der Waals surface area contributed by atoms with Crippen LogP contribution in [0.15, 0.2) is 18.2 Å². The molecule has 0 aliphatic heterocycles. The Morgan fingerprint density at radius 1 is 1.24 bits per heavy atom. The van der Waals surface area contributed by atoms with Gasteiger partial charge >= 0.3 is 0 Å². The van der Waals surface area contributed by atoms with E-state index in [1.54, 1.807) is 0 Å². The maximum absolute atomic E-state index is 9.87. The summed E-state index contributed by atoms with van der Waals surface area (Å²) in [6.45, 7) is 9.58. The summed E-state index contributed by atoms with van der Waals surface area (Å²) in [5.41, 5.74) is 2.08. The average molecular weight is 235 g/mol. The minimum Gasteiger partial charge on any atom is -0.508 e. The molecular formula is C15H25NO. The second-order valence-electron chi connectivity index (χ2n) is 5.27. The van der Waals surface area contributed by atoms with Crippen LogP contribution in [0.2, 0.25) is 0 Å². The van der Waals surface area contributed by atoms with Crippen LogP contribution in [-0.2, 0) is 0 Å². The Hall–Kier alpha value is -1.02. The first-order valence-corrected chi connectivity index (χ1v) is 6.53. The van der Waals surface area contributed by atoms with E-state index in [1.165, 1.54) is 12.8 Å². The molecule has 1 unspecified atom stereocenters. The Balaban J connectivity index is 2.44. The lowest BCUT2D eigenvalue weighted by atomic mass is 10.0. The highest BCUT2D eigenvalue weighted by molar-refractivity contribution is 5.37. The van der Waals surface area contributed by atoms with Crippen LogP contribution in [0.5, 0.6) is 5.75 Å². The van der Waals surface area contributed by atoms with E-state index in [9.17, 15) is 5.11 Å². The minimum atomic E-state index is 0.211. The zero-order valence-electron chi connectivity index (χ0n) is 11.5. The van der Waals surface area contributed by atoms with Crippen molar-refractivity contribution >= 4 is 0 Å². The van der Waals surface area contributed by atoms with Crippen LogP contribution in [0, 0.1) is 12.8 Å². The summed E-state index contributed by atoms with van der Waals surface area (Å²) in [5.74, 6) is 1.16. The zero-order valence-corrected chi connectivity index (χ0v) is 11.5. The number of rotatable bonds is 6. The highest BCUT2D eigenvalue weighted by atomic mass is 16.3. The molecule has 0 saturated carbocycles. The molecule has 96 valence electrons. The van der Waals surface area contributed by atoms with Gasteiger partial charge in [-0.3, -0.25) is 0 Å². The summed E-state index contributed by atoms with van der Waals surface area (Å²) in [5, 5.41) is 13.3. The lowest BCUT2D eigenvalue weighted by Crippen LogP contribution is -2.20. The molecule has 0 amide bonds. The van der Waals surface area contributed by atoms with E-state index in [0.717, 1.165) is 23.6 Å². The summed E-state index contributed by atoms with van der Waals surface area (Å²) in [6.07, 6.45) is 2.44. The van der Waals surface area contributed by atoms with Crippen molar-refractivity contribution in [1.82, 2.24) is 5.32 Å². The fourth-order valence-electron chi connectivity index (χ4n) is 1.96. The predicted octanol–water partition coefficient (Wildman–Crippen LogP) is 3.79. The van der Waals surface area contributed by atoms with Crippen molar-refractivity contribution in [2.75, 3.05) is 6.54 Å². The number of aryl methyl sites for hydroxylation is 1. The van der Waals surface area contributed by atoms with Crippen molar-refractivity contribution < 1.29 is 5.11 Å². The van der Waals surface area contributed by atoms with E-state index in [2.05, 4.69) is 26.1 Å². The standard InChI is InChI=1S/C15H25NO/c1-11(2)6-5-9-16-13(4)14-8-7-12(3)10-15(14)17/h7-8,10-11,13,16-17H,5-6,9H2,1-4H3. The fraction of sp³-hybridized carbons (Fsp3) is 0.600. The third-order valence-electron chi connectivity index (χ3n) is 3.06. The van der Waals surface area contributed by atoms with Gasteiger partial charge in [-0.2, -0.15) is 0 Å². The van der Waals surface area contributed by atoms with Gasteiger partial charge in [0.25, 0.3) is 0 Å². The number of phenols is 1. The molecule has 1 atom stereocenters. The van der Waals surface area contributed by atoms with Crippen LogP contribution < -0.4 is 5.32 Å². The first-order chi connectivity index (χ1) is 8.00. The second kappa shape index (κ2) is 6.65. The summed E-state index contributed by atoms with van der Waals surface area (Å²) in [4.78, 5) is 0. The van der Waals surface area contributed by atoms with E-state index >= 15 is 0 Å². The van der Waals surface area contributed by atoms with E-state index < -0.39 is 0 Å². The molecule has 2 heteroatoms. The molecule has 0 heterocycles. The molecule has 0 bridgehead atoms. The highest BCUT2D eigenvalue weighted by Crippen LogP contribution is 2.24. The smallest absolute Gasteiger partial charge is 0.120 e. The summed E-state index contributed by atoms with van der Waals surface area (Å²) in [7, 11) is 0. The molecule has 1 rings (SSSR count). The van der Waals surface area contributed by atoms with Crippen molar-refractivity contribution in [3.05, 3.63) is 29.3 Å². The van der Waals surface area contributed by atoms with Gasteiger partial charge in [-0.15, -0.1) is 0 Å². The third-order valence-corrected chi connectivity index (χ3v) is 3.06. The Bertz CT molecular complexity index is 347. The zero-order chi connectivity index (χ0) is 12.8. The molecule has 1 aromatic carbocycles. The van der Waals surface area contributed by atoms with Crippen molar-refractivity contribution in [3.8, 4) is 5.75 Å². The van der Waals surface area contributed by atoms with Gasteiger partial charge in [0.1, 0.15) is 5.75 Å². The van der Waals surface area contributed by atoms with E-state index in [0.29, 0.717) is 5.75 Å². The molecule has 0 fully saturated rings. The molecule has 0 aliphatic rings. The topological polar surface area (TPSA) is 32.3 Å². The van der Waals surface area contributed by atoms with Crippen molar-refractivity contribution in [3.63, 3.8) is 0 Å². The minimum absolute atomic E-state index is 0.211. The summed E-state index contributed by atoms with van der Waals surface area (Å²) >= 11 is 0. The van der Waals surface area contributed by atoms with Crippen molar-refractivity contribution in [1.29, 1.82) is 0 Å². The molecule has 2 N–H and O–H groups in total. The van der Waals surface area contributed by atoms with Crippen LogP contribution in [0.4, 0.5) is 0 Å². The van der Waals surface area contributed by atoms with E-state index in [-0.39, 0.29) is 6.04 Å². The lowest BCUT2D eigenvalue weighted by molar-refractivity contribution is 0.446. The number of hydrogen-bond acceptors (Lipinski definition) is 2. The molecule has 17 heavy (non-hydrogen) atoms. The Labute approximate surface area is 105 Å². The second-order valence-corrected chi connectivity index (χ2v) is 5.27. The Kier molecular flexibility index (Phi) is 5.49. The lowest BCUT2D eigenvalue weighted by Gasteiger charge is -2.16. The Morgan fingerprint density at radius 3 is 2.53 bits per heavy atom. The first-order valence-electron chi connectivity index (χ1n) is 6.53. The monoisotopic (exact) mass is 235 g/mol. The van der Waals surface area contributed by atoms with Gasteiger partial charge in [0.2, 0.25) is 0 Å². The average Bonchev–Trinajstić information content (AvgIpc) is 2.23. The molecule has 0 radical (unpaired) electrons. The van der Waals surface area contributed by atoms with Gasteiger partial charge in [0.05, 0.1) is 0 Å². The largest absolute Gasteiger partial charge is 0.508 e. The van der Waals surface area contributed by atoms with Crippen LogP contribution in [0.3, 0.4) is 0 Å². The van der Waals surface area contributed by atoms with Crippen molar-refractivity contribution in [2.45, 2.75) is 46.6 Å². The molecule has 0 spiro atoms. The number of benzene rings is 1. The molecule has 0 saturated heterocycles. The highest BCUT2D eigenvalue weighted by Gasteiger charge is 2.09. The number of phenolic OH excluding ortho intramolecular Hbond substituents is 1. The summed E-state index contributed by atoms with van der Waals surface area (Å²) < 4.78 is 0.